The third-order valence-electron chi connectivity index (χ3n) is 4.23. The Bertz CT molecular complexity index is 603. The normalized spacial score (nSPS) is 14.5. The van der Waals surface area contributed by atoms with Gasteiger partial charge in [-0.05, 0) is 19.3 Å². The van der Waals surface area contributed by atoms with Gasteiger partial charge < -0.3 is 9.64 Å². The van der Waals surface area contributed by atoms with E-state index in [0.29, 0.717) is 12.6 Å². The molecular weight excluding hydrogens is 252 g/mol. The van der Waals surface area contributed by atoms with Crippen LogP contribution in [0.25, 0.3) is 5.65 Å². The van der Waals surface area contributed by atoms with Gasteiger partial charge in [-0.25, -0.2) is 4.98 Å². The zero-order chi connectivity index (χ0) is 14.1. The second-order valence-electron chi connectivity index (χ2n) is 5.31. The lowest BCUT2D eigenvalue weighted by atomic mass is 10.1. The summed E-state index contributed by atoms with van der Waals surface area (Å²) in [6.45, 7) is 6.13. The molecule has 0 amide bonds. The Kier molecular flexibility index (Phi) is 3.61. The largest absolute Gasteiger partial charge is 0.378 e. The van der Waals surface area contributed by atoms with Crippen LogP contribution in [0.1, 0.15) is 37.9 Å². The van der Waals surface area contributed by atoms with E-state index in [1.54, 1.807) is 7.11 Å². The zero-order valence-electron chi connectivity index (χ0n) is 12.5. The SMILES string of the molecule is CCC(CC)N1CCc2c(COC)nc3ccnn3c21. The lowest BCUT2D eigenvalue weighted by molar-refractivity contribution is 0.181. The van der Waals surface area contributed by atoms with Gasteiger partial charge in [-0.1, -0.05) is 13.8 Å². The minimum absolute atomic E-state index is 0.570. The first-order chi connectivity index (χ1) is 9.80. The molecule has 5 heteroatoms. The highest BCUT2D eigenvalue weighted by molar-refractivity contribution is 5.60. The monoisotopic (exact) mass is 274 g/mol. The van der Waals surface area contributed by atoms with Crippen molar-refractivity contribution in [2.24, 2.45) is 0 Å². The van der Waals surface area contributed by atoms with Crippen molar-refractivity contribution in [3.63, 3.8) is 0 Å². The van der Waals surface area contributed by atoms with E-state index in [1.807, 2.05) is 16.8 Å². The molecule has 5 nitrogen and oxygen atoms in total. The van der Waals surface area contributed by atoms with Crippen LogP contribution in [0.5, 0.6) is 0 Å². The molecule has 3 rings (SSSR count). The average molecular weight is 274 g/mol. The van der Waals surface area contributed by atoms with Crippen LogP contribution in [0.4, 0.5) is 5.82 Å². The van der Waals surface area contributed by atoms with Crippen LogP contribution in [0.15, 0.2) is 12.3 Å². The molecule has 0 N–H and O–H groups in total. The molecule has 0 unspecified atom stereocenters. The summed E-state index contributed by atoms with van der Waals surface area (Å²) in [5, 5.41) is 4.46. The molecule has 0 fully saturated rings. The number of rotatable bonds is 5. The van der Waals surface area contributed by atoms with E-state index in [-0.39, 0.29) is 0 Å². The predicted octanol–water partition coefficient (Wildman–Crippen LogP) is 2.43. The zero-order valence-corrected chi connectivity index (χ0v) is 12.5. The number of hydrogen-bond acceptors (Lipinski definition) is 4. The van der Waals surface area contributed by atoms with Crippen LogP contribution in [0.3, 0.4) is 0 Å². The van der Waals surface area contributed by atoms with Gasteiger partial charge in [0.05, 0.1) is 18.5 Å². The highest BCUT2D eigenvalue weighted by atomic mass is 16.5. The van der Waals surface area contributed by atoms with Crippen LogP contribution in [0, 0.1) is 0 Å². The standard InChI is InChI=1S/C15H22N4O/c1-4-11(5-2)18-9-7-12-13(10-20-3)17-14-6-8-16-19(14)15(12)18/h6,8,11H,4-5,7,9-10H2,1-3H3. The van der Waals surface area contributed by atoms with Gasteiger partial charge in [0, 0.05) is 31.3 Å². The molecule has 1 aliphatic heterocycles. The van der Waals surface area contributed by atoms with Gasteiger partial charge in [-0.3, -0.25) is 0 Å². The molecule has 0 spiro atoms. The van der Waals surface area contributed by atoms with E-state index in [0.717, 1.165) is 37.1 Å². The van der Waals surface area contributed by atoms with Crippen LogP contribution in [-0.2, 0) is 17.8 Å². The van der Waals surface area contributed by atoms with Gasteiger partial charge in [-0.2, -0.15) is 9.61 Å². The maximum atomic E-state index is 5.32. The average Bonchev–Trinajstić information content (AvgIpc) is 3.07. The minimum atomic E-state index is 0.570. The molecule has 3 heterocycles. The fraction of sp³-hybridized carbons (Fsp3) is 0.600. The Morgan fingerprint density at radius 3 is 2.85 bits per heavy atom. The Morgan fingerprint density at radius 2 is 2.15 bits per heavy atom. The Morgan fingerprint density at radius 1 is 1.35 bits per heavy atom. The number of nitrogens with zero attached hydrogens (tertiary/aromatic N) is 4. The maximum Gasteiger partial charge on any atom is 0.157 e. The molecule has 0 saturated heterocycles. The molecule has 0 radical (unpaired) electrons. The van der Waals surface area contributed by atoms with E-state index >= 15 is 0 Å². The van der Waals surface area contributed by atoms with Crippen LogP contribution in [0.2, 0.25) is 0 Å². The Hall–Kier alpha value is -1.62. The summed E-state index contributed by atoms with van der Waals surface area (Å²) in [5.41, 5.74) is 3.27. The second kappa shape index (κ2) is 5.40. The van der Waals surface area contributed by atoms with E-state index in [4.69, 9.17) is 9.72 Å². The smallest absolute Gasteiger partial charge is 0.157 e. The number of fused-ring (bicyclic) bond motifs is 3. The topological polar surface area (TPSA) is 42.7 Å². The lowest BCUT2D eigenvalue weighted by Crippen LogP contribution is -2.34. The number of hydrogen-bond donors (Lipinski definition) is 0. The fourth-order valence-electron chi connectivity index (χ4n) is 3.24. The summed E-state index contributed by atoms with van der Waals surface area (Å²) >= 11 is 0. The summed E-state index contributed by atoms with van der Waals surface area (Å²) in [4.78, 5) is 7.19. The molecule has 0 aliphatic carbocycles. The molecule has 2 aromatic rings. The summed E-state index contributed by atoms with van der Waals surface area (Å²) < 4.78 is 7.30. The third-order valence-corrected chi connectivity index (χ3v) is 4.23. The number of aromatic nitrogens is 3. The van der Waals surface area contributed by atoms with Gasteiger partial charge >= 0.3 is 0 Å². The summed E-state index contributed by atoms with van der Waals surface area (Å²) in [7, 11) is 1.72. The quantitative estimate of drug-likeness (QED) is 0.840. The first-order valence-corrected chi connectivity index (χ1v) is 7.41. The summed E-state index contributed by atoms with van der Waals surface area (Å²) in [5.74, 6) is 1.22. The fourth-order valence-corrected chi connectivity index (χ4v) is 3.24. The molecule has 0 bridgehead atoms. The molecule has 1 aliphatic rings. The van der Waals surface area contributed by atoms with Crippen molar-refractivity contribution in [1.29, 1.82) is 0 Å². The third kappa shape index (κ3) is 1.97. The molecule has 2 aromatic heterocycles. The highest BCUT2D eigenvalue weighted by Gasteiger charge is 2.30. The van der Waals surface area contributed by atoms with Gasteiger partial charge in [0.15, 0.2) is 5.65 Å². The first kappa shape index (κ1) is 13.4. The predicted molar refractivity (Wildman–Crippen MR) is 79.1 cm³/mol. The van der Waals surface area contributed by atoms with Crippen molar-refractivity contribution in [3.8, 4) is 0 Å². The van der Waals surface area contributed by atoms with Gasteiger partial charge in [0.2, 0.25) is 0 Å². The van der Waals surface area contributed by atoms with Crippen molar-refractivity contribution in [2.75, 3.05) is 18.6 Å². The van der Waals surface area contributed by atoms with Gasteiger partial charge in [0.25, 0.3) is 0 Å². The Labute approximate surface area is 119 Å². The van der Waals surface area contributed by atoms with Crippen molar-refractivity contribution in [3.05, 3.63) is 23.5 Å². The van der Waals surface area contributed by atoms with E-state index in [2.05, 4.69) is 23.8 Å². The van der Waals surface area contributed by atoms with Crippen molar-refractivity contribution in [2.45, 2.75) is 45.8 Å². The second-order valence-corrected chi connectivity index (χ2v) is 5.31. The molecule has 20 heavy (non-hydrogen) atoms. The number of ether oxygens (including phenoxy) is 1. The first-order valence-electron chi connectivity index (χ1n) is 7.41. The van der Waals surface area contributed by atoms with E-state index in [9.17, 15) is 0 Å². The summed E-state index contributed by atoms with van der Waals surface area (Å²) in [6, 6.07) is 2.53. The van der Waals surface area contributed by atoms with Crippen molar-refractivity contribution in [1.82, 2.24) is 14.6 Å². The van der Waals surface area contributed by atoms with Crippen molar-refractivity contribution < 1.29 is 4.74 Å². The number of methoxy groups -OCH3 is 1. The van der Waals surface area contributed by atoms with Gasteiger partial charge in [0.1, 0.15) is 5.82 Å². The molecule has 0 aromatic carbocycles. The van der Waals surface area contributed by atoms with Crippen LogP contribution >= 0.6 is 0 Å². The Balaban J connectivity index is 2.16. The van der Waals surface area contributed by atoms with E-state index < -0.39 is 0 Å². The summed E-state index contributed by atoms with van der Waals surface area (Å²) in [6.07, 6.45) is 5.16. The molecule has 108 valence electrons. The maximum absolute atomic E-state index is 5.32. The highest BCUT2D eigenvalue weighted by Crippen LogP contribution is 2.33. The molecular formula is C15H22N4O. The molecule has 0 atom stereocenters. The lowest BCUT2D eigenvalue weighted by Gasteiger charge is -2.28. The molecule has 0 saturated carbocycles. The van der Waals surface area contributed by atoms with Crippen LogP contribution in [-0.4, -0.2) is 34.3 Å². The minimum Gasteiger partial charge on any atom is -0.378 e. The van der Waals surface area contributed by atoms with Crippen LogP contribution < -0.4 is 4.90 Å². The van der Waals surface area contributed by atoms with Gasteiger partial charge in [-0.15, -0.1) is 0 Å². The van der Waals surface area contributed by atoms with Crippen molar-refractivity contribution >= 4 is 11.5 Å². The van der Waals surface area contributed by atoms with E-state index in [1.165, 1.54) is 11.4 Å². The number of anilines is 1.